The Hall–Kier alpha value is -0.870. The van der Waals surface area contributed by atoms with Crippen molar-refractivity contribution in [3.8, 4) is 0 Å². The molecule has 1 aromatic heterocycles. The number of aliphatic hydroxyl groups is 2. The highest BCUT2D eigenvalue weighted by molar-refractivity contribution is 5.19. The molecule has 4 aliphatic rings. The summed E-state index contributed by atoms with van der Waals surface area (Å²) in [5.74, 6) is 4.57. The first-order valence-corrected chi connectivity index (χ1v) is 11.6. The molecule has 8 unspecified atom stereocenters. The summed E-state index contributed by atoms with van der Waals surface area (Å²) in [4.78, 5) is 0. The van der Waals surface area contributed by atoms with Crippen molar-refractivity contribution < 1.29 is 14.7 Å². The molecule has 1 aromatic rings. The molecular formula is C24H37NO3. The average molecular weight is 388 g/mol. The van der Waals surface area contributed by atoms with Gasteiger partial charge in [-0.3, -0.25) is 0 Å². The Morgan fingerprint density at radius 2 is 1.79 bits per heavy atom. The van der Waals surface area contributed by atoms with Gasteiger partial charge in [0.05, 0.1) is 12.2 Å². The quantitative estimate of drug-likeness (QED) is 0.746. The van der Waals surface area contributed by atoms with Crippen molar-refractivity contribution in [2.24, 2.45) is 34.5 Å². The highest BCUT2D eigenvalue weighted by Crippen LogP contribution is 2.69. The maximum absolute atomic E-state index is 10.7. The zero-order valence-electron chi connectivity index (χ0n) is 17.8. The molecule has 4 nitrogen and oxygen atoms in total. The minimum atomic E-state index is -0.449. The average Bonchev–Trinajstić information content (AvgIpc) is 3.25. The summed E-state index contributed by atoms with van der Waals surface area (Å²) in [5, 5.41) is 24.1. The van der Waals surface area contributed by atoms with E-state index < -0.39 is 5.60 Å². The zero-order chi connectivity index (χ0) is 19.7. The molecule has 0 bridgehead atoms. The molecule has 0 spiro atoms. The van der Waals surface area contributed by atoms with Crippen molar-refractivity contribution in [1.29, 1.82) is 0 Å². The van der Waals surface area contributed by atoms with Gasteiger partial charge in [0.2, 0.25) is 0 Å². The largest absolute Gasteiger partial charge is 0.390 e. The van der Waals surface area contributed by atoms with Gasteiger partial charge in [0.15, 0.2) is 0 Å². The fourth-order valence-electron chi connectivity index (χ4n) is 8.47. The number of fused-ring (bicyclic) bond motifs is 5. The van der Waals surface area contributed by atoms with E-state index in [9.17, 15) is 10.2 Å². The molecule has 4 fully saturated rings. The van der Waals surface area contributed by atoms with Crippen LogP contribution in [0, 0.1) is 34.5 Å². The van der Waals surface area contributed by atoms with Crippen LogP contribution in [0.25, 0.3) is 0 Å². The van der Waals surface area contributed by atoms with Crippen LogP contribution in [0.4, 0.5) is 0 Å². The summed E-state index contributed by atoms with van der Waals surface area (Å²) in [6, 6.07) is 1.99. The predicted molar refractivity (Wildman–Crippen MR) is 108 cm³/mol. The molecular weight excluding hydrogens is 350 g/mol. The van der Waals surface area contributed by atoms with Gasteiger partial charge in [0, 0.05) is 12.0 Å². The van der Waals surface area contributed by atoms with E-state index in [-0.39, 0.29) is 6.61 Å². The molecule has 0 radical (unpaired) electrons. The van der Waals surface area contributed by atoms with E-state index in [1.807, 2.05) is 6.07 Å². The first kappa shape index (κ1) is 19.1. The first-order chi connectivity index (χ1) is 13.3. The van der Waals surface area contributed by atoms with Crippen molar-refractivity contribution >= 4 is 0 Å². The molecule has 4 saturated carbocycles. The molecule has 4 aliphatic carbocycles. The molecule has 0 aromatic carbocycles. The van der Waals surface area contributed by atoms with Gasteiger partial charge in [0.1, 0.15) is 11.5 Å². The Morgan fingerprint density at radius 3 is 2.54 bits per heavy atom. The Morgan fingerprint density at radius 1 is 1.00 bits per heavy atom. The van der Waals surface area contributed by atoms with Crippen LogP contribution in [0.15, 0.2) is 10.6 Å². The van der Waals surface area contributed by atoms with E-state index in [1.54, 1.807) is 0 Å². The highest BCUT2D eigenvalue weighted by Gasteiger charge is 2.61. The number of aliphatic hydroxyl groups excluding tert-OH is 1. The lowest BCUT2D eigenvalue weighted by molar-refractivity contribution is -0.144. The smallest absolute Gasteiger partial charge is 0.140 e. The normalized spacial score (nSPS) is 50.7. The van der Waals surface area contributed by atoms with Crippen molar-refractivity contribution in [2.75, 3.05) is 0 Å². The summed E-state index contributed by atoms with van der Waals surface area (Å²) in [6.45, 7) is 7.08. The van der Waals surface area contributed by atoms with Crippen LogP contribution in [0.2, 0.25) is 0 Å². The fourth-order valence-corrected chi connectivity index (χ4v) is 8.47. The van der Waals surface area contributed by atoms with Crippen LogP contribution >= 0.6 is 0 Å². The molecule has 0 amide bonds. The SMILES string of the molecule is CC1(O)CCC2(C)C(CCC3C2CCC2(C)C(c4cc(CO)no4)CCC32)C1. The van der Waals surface area contributed by atoms with Gasteiger partial charge >= 0.3 is 0 Å². The van der Waals surface area contributed by atoms with Crippen molar-refractivity contribution in [3.05, 3.63) is 17.5 Å². The molecule has 2 N–H and O–H groups in total. The van der Waals surface area contributed by atoms with Crippen molar-refractivity contribution in [2.45, 2.75) is 96.7 Å². The third-order valence-electron chi connectivity index (χ3n) is 10.0. The van der Waals surface area contributed by atoms with Gasteiger partial charge in [-0.05, 0) is 99.2 Å². The number of nitrogens with zero attached hydrogens (tertiary/aromatic N) is 1. The van der Waals surface area contributed by atoms with Gasteiger partial charge in [-0.25, -0.2) is 0 Å². The van der Waals surface area contributed by atoms with E-state index >= 15 is 0 Å². The Kier molecular flexibility index (Phi) is 4.31. The van der Waals surface area contributed by atoms with Crippen LogP contribution in [0.5, 0.6) is 0 Å². The van der Waals surface area contributed by atoms with Gasteiger partial charge in [0.25, 0.3) is 0 Å². The second-order valence-corrected chi connectivity index (χ2v) is 11.4. The molecule has 0 saturated heterocycles. The van der Waals surface area contributed by atoms with Gasteiger partial charge < -0.3 is 14.7 Å². The van der Waals surface area contributed by atoms with E-state index in [0.717, 1.165) is 36.4 Å². The predicted octanol–water partition coefficient (Wildman–Crippen LogP) is 5.04. The van der Waals surface area contributed by atoms with Crippen LogP contribution in [-0.4, -0.2) is 21.0 Å². The number of hydrogen-bond acceptors (Lipinski definition) is 4. The summed E-state index contributed by atoms with van der Waals surface area (Å²) in [6.07, 6.45) is 10.9. The van der Waals surface area contributed by atoms with Gasteiger partial charge in [-0.2, -0.15) is 0 Å². The molecule has 4 heteroatoms. The molecule has 156 valence electrons. The molecule has 8 atom stereocenters. The third-order valence-corrected chi connectivity index (χ3v) is 10.0. The number of hydrogen-bond donors (Lipinski definition) is 2. The van der Waals surface area contributed by atoms with Crippen LogP contribution < -0.4 is 0 Å². The third kappa shape index (κ3) is 2.66. The summed E-state index contributed by atoms with van der Waals surface area (Å²) >= 11 is 0. The Balaban J connectivity index is 1.41. The minimum Gasteiger partial charge on any atom is -0.390 e. The first-order valence-electron chi connectivity index (χ1n) is 11.6. The van der Waals surface area contributed by atoms with Crippen LogP contribution in [0.1, 0.15) is 95.9 Å². The van der Waals surface area contributed by atoms with E-state index in [4.69, 9.17) is 4.52 Å². The van der Waals surface area contributed by atoms with Crippen LogP contribution in [-0.2, 0) is 6.61 Å². The second-order valence-electron chi connectivity index (χ2n) is 11.4. The second kappa shape index (κ2) is 6.31. The number of aromatic nitrogens is 1. The maximum Gasteiger partial charge on any atom is 0.140 e. The Labute approximate surface area is 169 Å². The lowest BCUT2D eigenvalue weighted by atomic mass is 9.44. The van der Waals surface area contributed by atoms with Crippen LogP contribution in [0.3, 0.4) is 0 Å². The van der Waals surface area contributed by atoms with E-state index in [1.165, 1.54) is 44.9 Å². The number of rotatable bonds is 2. The topological polar surface area (TPSA) is 66.5 Å². The minimum absolute atomic E-state index is 0.0371. The highest BCUT2D eigenvalue weighted by atomic mass is 16.5. The van der Waals surface area contributed by atoms with Gasteiger partial charge in [-0.15, -0.1) is 0 Å². The Bertz CT molecular complexity index is 742. The van der Waals surface area contributed by atoms with Crippen molar-refractivity contribution in [1.82, 2.24) is 5.16 Å². The maximum atomic E-state index is 10.7. The summed E-state index contributed by atoms with van der Waals surface area (Å²) in [7, 11) is 0. The standard InChI is InChI=1S/C24H37NO3/c1-22(27)10-11-23(2)15(13-22)4-5-17-18-6-7-20(21-12-16(14-26)25-28-21)24(18,3)9-8-19(17)23/h12,15,17-20,26-27H,4-11,13-14H2,1-3H3. The molecule has 5 rings (SSSR count). The fraction of sp³-hybridized carbons (Fsp3) is 0.875. The monoisotopic (exact) mass is 387 g/mol. The van der Waals surface area contributed by atoms with Gasteiger partial charge in [-0.1, -0.05) is 19.0 Å². The molecule has 1 heterocycles. The van der Waals surface area contributed by atoms with Crippen molar-refractivity contribution in [3.63, 3.8) is 0 Å². The summed E-state index contributed by atoms with van der Waals surface area (Å²) < 4.78 is 5.68. The lowest BCUT2D eigenvalue weighted by Gasteiger charge is -2.61. The van der Waals surface area contributed by atoms with E-state index in [0.29, 0.717) is 28.4 Å². The molecule has 0 aliphatic heterocycles. The van der Waals surface area contributed by atoms with E-state index in [2.05, 4.69) is 25.9 Å². The lowest BCUT2D eigenvalue weighted by Crippen LogP contribution is -2.55. The molecule has 28 heavy (non-hydrogen) atoms. The summed E-state index contributed by atoms with van der Waals surface area (Å²) in [5.41, 5.74) is 0.936. The zero-order valence-corrected chi connectivity index (χ0v) is 17.8.